The second kappa shape index (κ2) is 11.3. The number of allylic oxidation sites excluding steroid dienone is 1. The van der Waals surface area contributed by atoms with Gasteiger partial charge in [-0.05, 0) is 50.2 Å². The molecule has 0 aliphatic carbocycles. The van der Waals surface area contributed by atoms with Crippen LogP contribution in [0.15, 0.2) is 43.0 Å². The number of hydrogen-bond donors (Lipinski definition) is 0. The molecule has 1 saturated heterocycles. The molecule has 2 aromatic rings. The van der Waals surface area contributed by atoms with Crippen LogP contribution >= 0.6 is 0 Å². The van der Waals surface area contributed by atoms with Crippen molar-refractivity contribution >= 4 is 0 Å². The maximum Gasteiger partial charge on any atom is 0.167 e. The van der Waals surface area contributed by atoms with Crippen LogP contribution in [0.3, 0.4) is 0 Å². The van der Waals surface area contributed by atoms with Crippen molar-refractivity contribution in [3.63, 3.8) is 0 Å². The van der Waals surface area contributed by atoms with E-state index in [0.29, 0.717) is 37.9 Å². The third-order valence-corrected chi connectivity index (χ3v) is 5.61. The molecule has 0 radical (unpaired) electrons. The molecular weight excluding hydrogens is 405 g/mol. The highest BCUT2D eigenvalue weighted by Crippen LogP contribution is 2.37. The van der Waals surface area contributed by atoms with Crippen LogP contribution < -0.4 is 4.74 Å². The summed E-state index contributed by atoms with van der Waals surface area (Å²) in [4.78, 5) is 0. The Morgan fingerprint density at radius 2 is 1.87 bits per heavy atom. The van der Waals surface area contributed by atoms with Crippen LogP contribution in [0.2, 0.25) is 0 Å². The molecule has 3 rings (SSSR count). The normalized spacial score (nSPS) is 18.7. The maximum absolute atomic E-state index is 14.9. The quantitative estimate of drug-likeness (QED) is 0.311. The fourth-order valence-corrected chi connectivity index (χ4v) is 3.81. The highest BCUT2D eigenvalue weighted by atomic mass is 19.2. The molecule has 0 aromatic heterocycles. The van der Waals surface area contributed by atoms with E-state index in [9.17, 15) is 13.2 Å². The van der Waals surface area contributed by atoms with Crippen LogP contribution in [0.5, 0.6) is 5.75 Å². The zero-order valence-electron chi connectivity index (χ0n) is 17.8. The van der Waals surface area contributed by atoms with Crippen LogP contribution in [-0.4, -0.2) is 26.9 Å². The topological polar surface area (TPSA) is 27.7 Å². The number of halogens is 3. The number of unbranched alkanes of at least 4 members (excludes halogenated alkanes) is 1. The number of rotatable bonds is 10. The SMILES string of the molecule is C=CCCCOc1ccc(-c2ccc(C3CCC(CCOC)CO3)c(F)c2F)c(F)c1. The Morgan fingerprint density at radius 3 is 2.55 bits per heavy atom. The Labute approximate surface area is 181 Å². The molecule has 1 fully saturated rings. The summed E-state index contributed by atoms with van der Waals surface area (Å²) in [5.41, 5.74) is 0.0466. The van der Waals surface area contributed by atoms with Gasteiger partial charge in [0.2, 0.25) is 0 Å². The molecule has 0 N–H and O–H groups in total. The molecule has 0 amide bonds. The van der Waals surface area contributed by atoms with Gasteiger partial charge in [0, 0.05) is 36.5 Å². The van der Waals surface area contributed by atoms with Gasteiger partial charge in [-0.3, -0.25) is 0 Å². The zero-order chi connectivity index (χ0) is 22.2. The summed E-state index contributed by atoms with van der Waals surface area (Å²) in [5.74, 6) is -2.01. The first-order valence-electron chi connectivity index (χ1n) is 10.7. The smallest absolute Gasteiger partial charge is 0.167 e. The van der Waals surface area contributed by atoms with Crippen LogP contribution in [0.1, 0.15) is 43.8 Å². The van der Waals surface area contributed by atoms with E-state index in [-0.39, 0.29) is 16.7 Å². The molecule has 0 saturated carbocycles. The minimum Gasteiger partial charge on any atom is -0.493 e. The molecule has 2 aromatic carbocycles. The van der Waals surface area contributed by atoms with Gasteiger partial charge in [0.25, 0.3) is 0 Å². The van der Waals surface area contributed by atoms with E-state index in [4.69, 9.17) is 14.2 Å². The predicted molar refractivity (Wildman–Crippen MR) is 115 cm³/mol. The number of benzene rings is 2. The van der Waals surface area contributed by atoms with E-state index in [2.05, 4.69) is 6.58 Å². The third-order valence-electron chi connectivity index (χ3n) is 5.61. The summed E-state index contributed by atoms with van der Waals surface area (Å²) >= 11 is 0. The van der Waals surface area contributed by atoms with Gasteiger partial charge < -0.3 is 14.2 Å². The lowest BCUT2D eigenvalue weighted by atomic mass is 9.91. The largest absolute Gasteiger partial charge is 0.493 e. The Kier molecular flexibility index (Phi) is 8.55. The Hall–Kier alpha value is -2.31. The average molecular weight is 434 g/mol. The minimum atomic E-state index is -1.07. The van der Waals surface area contributed by atoms with Crippen LogP contribution in [-0.2, 0) is 9.47 Å². The molecular formula is C25H29F3O3. The molecule has 2 unspecified atom stereocenters. The lowest BCUT2D eigenvalue weighted by Crippen LogP contribution is -2.22. The van der Waals surface area contributed by atoms with Gasteiger partial charge in [0.05, 0.1) is 19.3 Å². The van der Waals surface area contributed by atoms with Crippen LogP contribution in [0, 0.1) is 23.4 Å². The van der Waals surface area contributed by atoms with Gasteiger partial charge in [-0.15, -0.1) is 6.58 Å². The molecule has 3 nitrogen and oxygen atoms in total. The van der Waals surface area contributed by atoms with Gasteiger partial charge in [0.15, 0.2) is 11.6 Å². The Balaban J connectivity index is 1.71. The number of ether oxygens (including phenoxy) is 3. The van der Waals surface area contributed by atoms with E-state index < -0.39 is 23.6 Å². The highest BCUT2D eigenvalue weighted by Gasteiger charge is 2.27. The summed E-state index contributed by atoms with van der Waals surface area (Å²) in [6, 6.07) is 7.07. The first-order valence-corrected chi connectivity index (χ1v) is 10.7. The molecule has 2 atom stereocenters. The van der Waals surface area contributed by atoms with Gasteiger partial charge in [-0.25, -0.2) is 13.2 Å². The molecule has 1 aliphatic rings. The number of methoxy groups -OCH3 is 1. The van der Waals surface area contributed by atoms with Gasteiger partial charge in [-0.1, -0.05) is 18.2 Å². The molecule has 6 heteroatoms. The standard InChI is InChI=1S/C25H29F3O3/c1-3-4-5-13-30-18-7-8-19(22(26)15-18)20-9-10-21(25(28)24(20)27)23-11-6-17(16-31-23)12-14-29-2/h3,7-10,15,17,23H,1,4-6,11-14,16H2,2H3. The van der Waals surface area contributed by atoms with Crippen molar-refractivity contribution in [1.82, 2.24) is 0 Å². The van der Waals surface area contributed by atoms with Crippen molar-refractivity contribution in [1.29, 1.82) is 0 Å². The van der Waals surface area contributed by atoms with E-state index in [1.165, 1.54) is 24.3 Å². The first kappa shape index (κ1) is 23.4. The first-order chi connectivity index (χ1) is 15.0. The molecule has 168 valence electrons. The van der Waals surface area contributed by atoms with Gasteiger partial charge in [0.1, 0.15) is 11.6 Å². The van der Waals surface area contributed by atoms with Crippen molar-refractivity contribution in [3.8, 4) is 16.9 Å². The van der Waals surface area contributed by atoms with E-state index in [1.807, 2.05) is 0 Å². The average Bonchev–Trinajstić information content (AvgIpc) is 2.78. The van der Waals surface area contributed by atoms with Crippen LogP contribution in [0.25, 0.3) is 11.1 Å². The second-order valence-corrected chi connectivity index (χ2v) is 7.80. The Bertz CT molecular complexity index is 877. The van der Waals surface area contributed by atoms with E-state index in [1.54, 1.807) is 19.3 Å². The molecule has 0 bridgehead atoms. The van der Waals surface area contributed by atoms with Crippen molar-refractivity contribution in [2.45, 2.75) is 38.2 Å². The van der Waals surface area contributed by atoms with Crippen molar-refractivity contribution in [2.75, 3.05) is 26.9 Å². The van der Waals surface area contributed by atoms with Gasteiger partial charge >= 0.3 is 0 Å². The molecule has 31 heavy (non-hydrogen) atoms. The molecule has 1 aliphatic heterocycles. The van der Waals surface area contributed by atoms with Gasteiger partial charge in [-0.2, -0.15) is 0 Å². The van der Waals surface area contributed by atoms with E-state index in [0.717, 1.165) is 25.7 Å². The lowest BCUT2D eigenvalue weighted by molar-refractivity contribution is -0.0263. The molecule has 1 heterocycles. The third kappa shape index (κ3) is 5.89. The lowest BCUT2D eigenvalue weighted by Gasteiger charge is -2.29. The summed E-state index contributed by atoms with van der Waals surface area (Å²) in [5, 5.41) is 0. The maximum atomic E-state index is 14.9. The summed E-state index contributed by atoms with van der Waals surface area (Å²) in [6.45, 7) is 5.20. The minimum absolute atomic E-state index is 0.00872. The number of hydrogen-bond acceptors (Lipinski definition) is 3. The fraction of sp³-hybridized carbons (Fsp3) is 0.440. The van der Waals surface area contributed by atoms with Crippen molar-refractivity contribution in [2.24, 2.45) is 5.92 Å². The monoisotopic (exact) mass is 434 g/mol. The highest BCUT2D eigenvalue weighted by molar-refractivity contribution is 5.66. The fourth-order valence-electron chi connectivity index (χ4n) is 3.81. The van der Waals surface area contributed by atoms with Crippen LogP contribution in [0.4, 0.5) is 13.2 Å². The van der Waals surface area contributed by atoms with E-state index >= 15 is 0 Å². The molecule has 0 spiro atoms. The van der Waals surface area contributed by atoms with Crippen molar-refractivity contribution in [3.05, 3.63) is 66.0 Å². The zero-order valence-corrected chi connectivity index (χ0v) is 17.8. The Morgan fingerprint density at radius 1 is 1.06 bits per heavy atom. The summed E-state index contributed by atoms with van der Waals surface area (Å²) < 4.78 is 60.7. The summed E-state index contributed by atoms with van der Waals surface area (Å²) in [6.07, 6.45) is 5.20. The summed E-state index contributed by atoms with van der Waals surface area (Å²) in [7, 11) is 1.65. The second-order valence-electron chi connectivity index (χ2n) is 7.80. The predicted octanol–water partition coefficient (Wildman–Crippen LogP) is 6.62. The van der Waals surface area contributed by atoms with Crippen molar-refractivity contribution < 1.29 is 27.4 Å².